The molecule has 0 saturated heterocycles. The standard InChI is InChI=1S/C15H17BrN2O/c1-10(2)19-14-9-5-8-13(15(14)17)18-12-7-4-3-6-11(12)16/h3-10,18H,17H2,1-2H3. The molecule has 0 amide bonds. The van der Waals surface area contributed by atoms with Crippen molar-refractivity contribution in [2.24, 2.45) is 0 Å². The van der Waals surface area contributed by atoms with Gasteiger partial charge in [-0.1, -0.05) is 18.2 Å². The van der Waals surface area contributed by atoms with Gasteiger partial charge in [-0.05, 0) is 54.0 Å². The van der Waals surface area contributed by atoms with Crippen molar-refractivity contribution in [1.29, 1.82) is 0 Å². The minimum atomic E-state index is 0.0982. The number of benzene rings is 2. The van der Waals surface area contributed by atoms with E-state index in [1.54, 1.807) is 0 Å². The van der Waals surface area contributed by atoms with E-state index in [9.17, 15) is 0 Å². The first kappa shape index (κ1) is 13.7. The van der Waals surface area contributed by atoms with Crippen molar-refractivity contribution in [1.82, 2.24) is 0 Å². The Morgan fingerprint density at radius 2 is 1.74 bits per heavy atom. The van der Waals surface area contributed by atoms with Crippen molar-refractivity contribution in [3.05, 3.63) is 46.9 Å². The minimum Gasteiger partial charge on any atom is -0.489 e. The lowest BCUT2D eigenvalue weighted by molar-refractivity contribution is 0.244. The molecule has 0 aliphatic heterocycles. The van der Waals surface area contributed by atoms with E-state index in [1.807, 2.05) is 56.3 Å². The zero-order valence-electron chi connectivity index (χ0n) is 11.0. The minimum absolute atomic E-state index is 0.0982. The Bertz CT molecular complexity index is 570. The smallest absolute Gasteiger partial charge is 0.144 e. The van der Waals surface area contributed by atoms with E-state index in [2.05, 4.69) is 21.2 Å². The molecule has 0 saturated carbocycles. The molecule has 3 nitrogen and oxygen atoms in total. The summed E-state index contributed by atoms with van der Waals surface area (Å²) >= 11 is 3.50. The highest BCUT2D eigenvalue weighted by molar-refractivity contribution is 9.10. The largest absolute Gasteiger partial charge is 0.489 e. The molecule has 100 valence electrons. The lowest BCUT2D eigenvalue weighted by Crippen LogP contribution is -2.08. The average Bonchev–Trinajstić information content (AvgIpc) is 2.36. The number of nitrogens with one attached hydrogen (secondary N) is 1. The first-order valence-electron chi connectivity index (χ1n) is 6.14. The van der Waals surface area contributed by atoms with E-state index in [0.29, 0.717) is 11.4 Å². The summed E-state index contributed by atoms with van der Waals surface area (Å²) in [7, 11) is 0. The highest BCUT2D eigenvalue weighted by atomic mass is 79.9. The van der Waals surface area contributed by atoms with Crippen molar-refractivity contribution in [2.75, 3.05) is 11.1 Å². The number of nitrogen functional groups attached to an aromatic ring is 1. The Morgan fingerprint density at radius 1 is 1.05 bits per heavy atom. The van der Waals surface area contributed by atoms with Crippen LogP contribution in [-0.2, 0) is 0 Å². The second-order valence-corrected chi connectivity index (χ2v) is 5.34. The molecule has 0 bridgehead atoms. The van der Waals surface area contributed by atoms with Crippen LogP contribution < -0.4 is 15.8 Å². The number of rotatable bonds is 4. The first-order valence-corrected chi connectivity index (χ1v) is 6.94. The zero-order valence-corrected chi connectivity index (χ0v) is 12.6. The van der Waals surface area contributed by atoms with Gasteiger partial charge in [0.15, 0.2) is 0 Å². The third-order valence-corrected chi connectivity index (χ3v) is 3.26. The molecule has 0 fully saturated rings. The molecule has 0 radical (unpaired) electrons. The summed E-state index contributed by atoms with van der Waals surface area (Å²) in [5, 5.41) is 3.30. The molecule has 0 heterocycles. The lowest BCUT2D eigenvalue weighted by atomic mass is 10.2. The number of anilines is 3. The van der Waals surface area contributed by atoms with Crippen LogP contribution in [0.15, 0.2) is 46.9 Å². The molecule has 0 spiro atoms. The summed E-state index contributed by atoms with van der Waals surface area (Å²) in [6, 6.07) is 13.6. The lowest BCUT2D eigenvalue weighted by Gasteiger charge is -2.16. The summed E-state index contributed by atoms with van der Waals surface area (Å²) in [4.78, 5) is 0. The number of nitrogens with two attached hydrogens (primary N) is 1. The van der Waals surface area contributed by atoms with Crippen molar-refractivity contribution >= 4 is 33.0 Å². The Hall–Kier alpha value is -1.68. The molecule has 0 aliphatic carbocycles. The molecule has 3 N–H and O–H groups in total. The van der Waals surface area contributed by atoms with Gasteiger partial charge in [0.1, 0.15) is 5.75 Å². The summed E-state index contributed by atoms with van der Waals surface area (Å²) in [5.74, 6) is 0.701. The van der Waals surface area contributed by atoms with Crippen molar-refractivity contribution in [3.63, 3.8) is 0 Å². The summed E-state index contributed by atoms with van der Waals surface area (Å²) in [5.41, 5.74) is 8.55. The molecule has 0 aliphatic rings. The van der Waals surface area contributed by atoms with Crippen LogP contribution >= 0.6 is 15.9 Å². The summed E-state index contributed by atoms with van der Waals surface area (Å²) in [6.45, 7) is 3.96. The normalized spacial score (nSPS) is 10.5. The topological polar surface area (TPSA) is 47.3 Å². The zero-order chi connectivity index (χ0) is 13.8. The molecule has 0 unspecified atom stereocenters. The second-order valence-electron chi connectivity index (χ2n) is 4.49. The first-order chi connectivity index (χ1) is 9.08. The maximum atomic E-state index is 6.13. The molecular formula is C15H17BrN2O. The fourth-order valence-electron chi connectivity index (χ4n) is 1.72. The highest BCUT2D eigenvalue weighted by Gasteiger charge is 2.08. The predicted molar refractivity (Wildman–Crippen MR) is 84.0 cm³/mol. The SMILES string of the molecule is CC(C)Oc1cccc(Nc2ccccc2Br)c1N. The molecule has 2 aromatic rings. The molecule has 0 aromatic heterocycles. The number of hydrogen-bond donors (Lipinski definition) is 2. The van der Waals surface area contributed by atoms with E-state index < -0.39 is 0 Å². The van der Waals surface area contributed by atoms with Gasteiger partial charge in [-0.25, -0.2) is 0 Å². The third-order valence-electron chi connectivity index (χ3n) is 2.57. The molecule has 4 heteroatoms. The molecule has 2 aromatic carbocycles. The van der Waals surface area contributed by atoms with Crippen LogP contribution in [0.1, 0.15) is 13.8 Å². The van der Waals surface area contributed by atoms with Crippen molar-refractivity contribution in [3.8, 4) is 5.75 Å². The second kappa shape index (κ2) is 5.97. The Kier molecular flexibility index (Phi) is 4.32. The van der Waals surface area contributed by atoms with Crippen molar-refractivity contribution < 1.29 is 4.74 Å². The molecule has 2 rings (SSSR count). The quantitative estimate of drug-likeness (QED) is 0.812. The molecule has 0 atom stereocenters. The van der Waals surface area contributed by atoms with Gasteiger partial charge < -0.3 is 15.8 Å². The van der Waals surface area contributed by atoms with Gasteiger partial charge in [0.25, 0.3) is 0 Å². The highest BCUT2D eigenvalue weighted by Crippen LogP contribution is 2.34. The maximum Gasteiger partial charge on any atom is 0.144 e. The monoisotopic (exact) mass is 320 g/mol. The summed E-state index contributed by atoms with van der Waals surface area (Å²) < 4.78 is 6.67. The number of hydrogen-bond acceptors (Lipinski definition) is 3. The number of para-hydroxylation sites is 2. The van der Waals surface area contributed by atoms with Gasteiger partial charge in [-0.15, -0.1) is 0 Å². The van der Waals surface area contributed by atoms with Crippen LogP contribution in [0, 0.1) is 0 Å². The Morgan fingerprint density at radius 3 is 2.42 bits per heavy atom. The van der Waals surface area contributed by atoms with E-state index >= 15 is 0 Å². The van der Waals surface area contributed by atoms with E-state index in [1.165, 1.54) is 0 Å². The van der Waals surface area contributed by atoms with Crippen LogP contribution in [0.3, 0.4) is 0 Å². The number of ether oxygens (including phenoxy) is 1. The van der Waals surface area contributed by atoms with Crippen LogP contribution in [0.4, 0.5) is 17.1 Å². The fourth-order valence-corrected chi connectivity index (χ4v) is 2.10. The van der Waals surface area contributed by atoms with E-state index in [0.717, 1.165) is 15.8 Å². The number of halogens is 1. The van der Waals surface area contributed by atoms with Crippen LogP contribution in [0.5, 0.6) is 5.75 Å². The van der Waals surface area contributed by atoms with Crippen LogP contribution in [0.2, 0.25) is 0 Å². The van der Waals surface area contributed by atoms with E-state index in [4.69, 9.17) is 10.5 Å². The third kappa shape index (κ3) is 3.41. The van der Waals surface area contributed by atoms with Crippen molar-refractivity contribution in [2.45, 2.75) is 20.0 Å². The van der Waals surface area contributed by atoms with Gasteiger partial charge in [0.05, 0.1) is 23.2 Å². The maximum absolute atomic E-state index is 6.13. The molecular weight excluding hydrogens is 304 g/mol. The van der Waals surface area contributed by atoms with Gasteiger partial charge in [0, 0.05) is 4.47 Å². The Balaban J connectivity index is 2.28. The van der Waals surface area contributed by atoms with Gasteiger partial charge in [-0.3, -0.25) is 0 Å². The Labute approximate surface area is 121 Å². The van der Waals surface area contributed by atoms with E-state index in [-0.39, 0.29) is 6.10 Å². The van der Waals surface area contributed by atoms with Crippen LogP contribution in [0.25, 0.3) is 0 Å². The van der Waals surface area contributed by atoms with Crippen LogP contribution in [-0.4, -0.2) is 6.10 Å². The summed E-state index contributed by atoms with van der Waals surface area (Å²) in [6.07, 6.45) is 0.0982. The fraction of sp³-hybridized carbons (Fsp3) is 0.200. The van der Waals surface area contributed by atoms with Gasteiger partial charge in [-0.2, -0.15) is 0 Å². The molecule has 19 heavy (non-hydrogen) atoms. The average molecular weight is 321 g/mol. The predicted octanol–water partition coefficient (Wildman–Crippen LogP) is 4.56. The van der Waals surface area contributed by atoms with Gasteiger partial charge >= 0.3 is 0 Å². The van der Waals surface area contributed by atoms with Gasteiger partial charge in [0.2, 0.25) is 0 Å².